The summed E-state index contributed by atoms with van der Waals surface area (Å²) in [6.07, 6.45) is 0.500. The van der Waals surface area contributed by atoms with Crippen molar-refractivity contribution in [3.8, 4) is 17.9 Å². The molecule has 0 aromatic heterocycles. The first-order valence-corrected chi connectivity index (χ1v) is 6.31. The van der Waals surface area contributed by atoms with Gasteiger partial charge in [-0.3, -0.25) is 4.79 Å². The molecule has 0 fully saturated rings. The van der Waals surface area contributed by atoms with E-state index in [0.717, 1.165) is 5.56 Å². The number of hydrogen-bond acceptors (Lipinski definition) is 4. The number of nitrogens with zero attached hydrogens (tertiary/aromatic N) is 3. The van der Waals surface area contributed by atoms with E-state index in [-0.39, 0.29) is 18.7 Å². The summed E-state index contributed by atoms with van der Waals surface area (Å²) in [5, 5.41) is 17.3. The Bertz CT molecular complexity index is 537. The van der Waals surface area contributed by atoms with Crippen LogP contribution in [0.15, 0.2) is 18.2 Å². The highest BCUT2D eigenvalue weighted by Crippen LogP contribution is 2.20. The van der Waals surface area contributed by atoms with E-state index in [9.17, 15) is 4.79 Å². The fraction of sp³-hybridized carbons (Fsp3) is 0.400. The second-order valence-electron chi connectivity index (χ2n) is 4.29. The zero-order valence-electron chi connectivity index (χ0n) is 11.7. The van der Waals surface area contributed by atoms with Crippen molar-refractivity contribution in [3.63, 3.8) is 0 Å². The predicted molar refractivity (Wildman–Crippen MR) is 74.1 cm³/mol. The minimum Gasteiger partial charge on any atom is -0.496 e. The molecule has 1 aromatic carbocycles. The molecule has 0 unspecified atom stereocenters. The summed E-state index contributed by atoms with van der Waals surface area (Å²) in [4.78, 5) is 13.9. The normalized spacial score (nSPS) is 9.40. The average Bonchev–Trinajstić information content (AvgIpc) is 2.47. The summed E-state index contributed by atoms with van der Waals surface area (Å²) in [5.41, 5.74) is 1.45. The maximum absolute atomic E-state index is 12.4. The minimum absolute atomic E-state index is 0.186. The Morgan fingerprint density at radius 1 is 1.25 bits per heavy atom. The zero-order valence-corrected chi connectivity index (χ0v) is 11.7. The molecule has 0 bridgehead atoms. The molecule has 0 atom stereocenters. The van der Waals surface area contributed by atoms with E-state index in [1.807, 2.05) is 25.1 Å². The molecule has 0 aliphatic rings. The van der Waals surface area contributed by atoms with Crippen LogP contribution in [0.4, 0.5) is 0 Å². The summed E-state index contributed by atoms with van der Waals surface area (Å²) in [7, 11) is 1.56. The summed E-state index contributed by atoms with van der Waals surface area (Å²) < 4.78 is 5.20. The maximum Gasteiger partial charge on any atom is 0.254 e. The SMILES string of the molecule is COc1cc(C(=O)N(CCC#N)CCC#N)ccc1C. The molecule has 1 aromatic rings. The molecule has 0 spiro atoms. The fourth-order valence-corrected chi connectivity index (χ4v) is 1.82. The molecule has 1 amide bonds. The molecule has 104 valence electrons. The van der Waals surface area contributed by atoms with Crippen LogP contribution in [0.3, 0.4) is 0 Å². The van der Waals surface area contributed by atoms with Gasteiger partial charge in [0.15, 0.2) is 0 Å². The number of methoxy groups -OCH3 is 1. The first-order valence-electron chi connectivity index (χ1n) is 6.31. The van der Waals surface area contributed by atoms with E-state index >= 15 is 0 Å². The summed E-state index contributed by atoms with van der Waals surface area (Å²) >= 11 is 0. The molecule has 0 aliphatic carbocycles. The Morgan fingerprint density at radius 3 is 2.35 bits per heavy atom. The Hall–Kier alpha value is -2.53. The van der Waals surface area contributed by atoms with Gasteiger partial charge in [0.1, 0.15) is 5.75 Å². The van der Waals surface area contributed by atoms with Crippen molar-refractivity contribution < 1.29 is 9.53 Å². The van der Waals surface area contributed by atoms with Gasteiger partial charge in [0.2, 0.25) is 0 Å². The third-order valence-corrected chi connectivity index (χ3v) is 2.93. The topological polar surface area (TPSA) is 77.1 Å². The maximum atomic E-state index is 12.4. The van der Waals surface area contributed by atoms with Gasteiger partial charge in [-0.05, 0) is 24.6 Å². The number of aryl methyl sites for hydroxylation is 1. The van der Waals surface area contributed by atoms with Crippen LogP contribution >= 0.6 is 0 Å². The lowest BCUT2D eigenvalue weighted by atomic mass is 10.1. The lowest BCUT2D eigenvalue weighted by Crippen LogP contribution is -2.32. The van der Waals surface area contributed by atoms with Gasteiger partial charge in [0, 0.05) is 18.7 Å². The van der Waals surface area contributed by atoms with Crippen molar-refractivity contribution in [2.24, 2.45) is 0 Å². The van der Waals surface area contributed by atoms with Gasteiger partial charge in [0.25, 0.3) is 5.91 Å². The van der Waals surface area contributed by atoms with Gasteiger partial charge in [-0.25, -0.2) is 0 Å². The first-order chi connectivity index (χ1) is 9.63. The van der Waals surface area contributed by atoms with E-state index in [1.54, 1.807) is 19.2 Å². The average molecular weight is 271 g/mol. The monoisotopic (exact) mass is 271 g/mol. The molecule has 0 radical (unpaired) electrons. The quantitative estimate of drug-likeness (QED) is 0.795. The standard InChI is InChI=1S/C15H17N3O2/c1-12-5-6-13(11-14(12)20-2)15(19)18(9-3-7-16)10-4-8-17/h5-6,11H,3-4,9-10H2,1-2H3. The Labute approximate surface area is 119 Å². The molecule has 1 rings (SSSR count). The number of rotatable bonds is 6. The van der Waals surface area contributed by atoms with Crippen molar-refractivity contribution in [1.29, 1.82) is 10.5 Å². The van der Waals surface area contributed by atoms with E-state index in [4.69, 9.17) is 15.3 Å². The number of carbonyl (C=O) groups is 1. The fourth-order valence-electron chi connectivity index (χ4n) is 1.82. The Kier molecular flexibility index (Phi) is 6.06. The molecule has 20 heavy (non-hydrogen) atoms. The van der Waals surface area contributed by atoms with E-state index < -0.39 is 0 Å². The smallest absolute Gasteiger partial charge is 0.254 e. The second-order valence-corrected chi connectivity index (χ2v) is 4.29. The number of ether oxygens (including phenoxy) is 1. The third kappa shape index (κ3) is 4.00. The largest absolute Gasteiger partial charge is 0.496 e. The molecule has 5 heteroatoms. The van der Waals surface area contributed by atoms with Crippen molar-refractivity contribution in [3.05, 3.63) is 29.3 Å². The van der Waals surface area contributed by atoms with Crippen LogP contribution in [0.1, 0.15) is 28.8 Å². The van der Waals surface area contributed by atoms with Crippen LogP contribution in [-0.2, 0) is 0 Å². The summed E-state index contributed by atoms with van der Waals surface area (Å²) in [6.45, 7) is 2.55. The van der Waals surface area contributed by atoms with Gasteiger partial charge in [-0.2, -0.15) is 10.5 Å². The molecule has 0 saturated carbocycles. The highest BCUT2D eigenvalue weighted by molar-refractivity contribution is 5.94. The molecule has 5 nitrogen and oxygen atoms in total. The summed E-state index contributed by atoms with van der Waals surface area (Å²) in [6, 6.07) is 9.25. The van der Waals surface area contributed by atoms with Gasteiger partial charge in [-0.15, -0.1) is 0 Å². The number of hydrogen-bond donors (Lipinski definition) is 0. The number of nitriles is 2. The van der Waals surface area contributed by atoms with Crippen LogP contribution in [0.2, 0.25) is 0 Å². The van der Waals surface area contributed by atoms with Crippen molar-refractivity contribution >= 4 is 5.91 Å². The molecule has 0 heterocycles. The van der Waals surface area contributed by atoms with Crippen molar-refractivity contribution in [1.82, 2.24) is 4.90 Å². The lowest BCUT2D eigenvalue weighted by molar-refractivity contribution is 0.0762. The van der Waals surface area contributed by atoms with E-state index in [0.29, 0.717) is 24.4 Å². The van der Waals surface area contributed by atoms with Gasteiger partial charge < -0.3 is 9.64 Å². The number of carbonyl (C=O) groups excluding carboxylic acids is 1. The highest BCUT2D eigenvalue weighted by atomic mass is 16.5. The van der Waals surface area contributed by atoms with Crippen LogP contribution in [0.25, 0.3) is 0 Å². The lowest BCUT2D eigenvalue weighted by Gasteiger charge is -2.20. The van der Waals surface area contributed by atoms with E-state index in [1.165, 1.54) is 4.90 Å². The van der Waals surface area contributed by atoms with Gasteiger partial charge >= 0.3 is 0 Å². The summed E-state index contributed by atoms with van der Waals surface area (Å²) in [5.74, 6) is 0.463. The van der Waals surface area contributed by atoms with Gasteiger partial charge in [0.05, 0.1) is 32.1 Å². The third-order valence-electron chi connectivity index (χ3n) is 2.93. The molecule has 0 saturated heterocycles. The second kappa shape index (κ2) is 7.81. The Balaban J connectivity index is 2.93. The minimum atomic E-state index is -0.186. The van der Waals surface area contributed by atoms with Crippen LogP contribution in [-0.4, -0.2) is 31.0 Å². The molecule has 0 aliphatic heterocycles. The van der Waals surface area contributed by atoms with Gasteiger partial charge in [-0.1, -0.05) is 6.07 Å². The van der Waals surface area contributed by atoms with Crippen LogP contribution in [0, 0.1) is 29.6 Å². The predicted octanol–water partition coefficient (Wildman–Crippen LogP) is 2.27. The molecule has 0 N–H and O–H groups in total. The van der Waals surface area contributed by atoms with Crippen LogP contribution < -0.4 is 4.74 Å². The number of benzene rings is 1. The van der Waals surface area contributed by atoms with Crippen molar-refractivity contribution in [2.45, 2.75) is 19.8 Å². The van der Waals surface area contributed by atoms with Crippen molar-refractivity contribution in [2.75, 3.05) is 20.2 Å². The Morgan fingerprint density at radius 2 is 1.85 bits per heavy atom. The highest BCUT2D eigenvalue weighted by Gasteiger charge is 2.16. The number of amides is 1. The molecular weight excluding hydrogens is 254 g/mol. The molecular formula is C15H17N3O2. The van der Waals surface area contributed by atoms with E-state index in [2.05, 4.69) is 0 Å². The zero-order chi connectivity index (χ0) is 15.0. The van der Waals surface area contributed by atoms with Crippen LogP contribution in [0.5, 0.6) is 5.75 Å². The first kappa shape index (κ1) is 15.5.